The highest BCUT2D eigenvalue weighted by Crippen LogP contribution is 2.41. The topological polar surface area (TPSA) is 0 Å². The summed E-state index contributed by atoms with van der Waals surface area (Å²) in [5.41, 5.74) is 0. The molecule has 0 aromatic rings. The third-order valence-corrected chi connectivity index (χ3v) is 4.29. The minimum atomic E-state index is 0.927. The van der Waals surface area contributed by atoms with Crippen LogP contribution in [0.4, 0.5) is 0 Å². The fraction of sp³-hybridized carbons (Fsp3) is 1.00. The predicted molar refractivity (Wildman–Crippen MR) is 54.1 cm³/mol. The van der Waals surface area contributed by atoms with Gasteiger partial charge in [0.05, 0.1) is 0 Å². The van der Waals surface area contributed by atoms with E-state index in [2.05, 4.69) is 32.5 Å². The molecule has 3 atom stereocenters. The average Bonchev–Trinajstić information content (AvgIpc) is 2.32. The summed E-state index contributed by atoms with van der Waals surface area (Å²) in [6, 6.07) is 0. The normalized spacial score (nSPS) is 37.9. The highest BCUT2D eigenvalue weighted by Gasteiger charge is 2.30. The Morgan fingerprint density at radius 3 is 2.64 bits per heavy atom. The monoisotopic (exact) mass is 172 g/mol. The van der Waals surface area contributed by atoms with Crippen LogP contribution in [0.2, 0.25) is 0 Å². The molecule has 3 unspecified atom stereocenters. The summed E-state index contributed by atoms with van der Waals surface area (Å²) in [6.45, 7) is 7.02. The lowest BCUT2D eigenvalue weighted by atomic mass is 9.95. The quantitative estimate of drug-likeness (QED) is 0.625. The largest absolute Gasteiger partial charge is 0.155 e. The van der Waals surface area contributed by atoms with Crippen molar-refractivity contribution in [2.75, 3.05) is 0 Å². The Morgan fingerprint density at radius 2 is 2.09 bits per heavy atom. The van der Waals surface area contributed by atoms with Crippen molar-refractivity contribution in [3.63, 3.8) is 0 Å². The van der Waals surface area contributed by atoms with E-state index in [-0.39, 0.29) is 0 Å². The number of rotatable bonds is 3. The minimum absolute atomic E-state index is 0.927. The maximum atomic E-state index is 2.38. The van der Waals surface area contributed by atoms with E-state index in [1.165, 1.54) is 25.7 Å². The van der Waals surface area contributed by atoms with Crippen LogP contribution >= 0.6 is 11.8 Å². The van der Waals surface area contributed by atoms with E-state index in [4.69, 9.17) is 0 Å². The minimum Gasteiger partial charge on any atom is -0.155 e. The molecule has 0 amide bonds. The molecule has 0 N–H and O–H groups in total. The maximum absolute atomic E-state index is 2.38. The highest BCUT2D eigenvalue weighted by molar-refractivity contribution is 8.00. The summed E-state index contributed by atoms with van der Waals surface area (Å²) in [5.74, 6) is 1.02. The molecule has 0 bridgehead atoms. The first-order chi connectivity index (χ1) is 5.27. The van der Waals surface area contributed by atoms with Crippen LogP contribution in [0, 0.1) is 5.92 Å². The van der Waals surface area contributed by atoms with E-state index in [9.17, 15) is 0 Å². The summed E-state index contributed by atoms with van der Waals surface area (Å²) in [6.07, 6.45) is 5.65. The molecule has 1 fully saturated rings. The molecule has 1 aliphatic heterocycles. The molecule has 0 aliphatic carbocycles. The van der Waals surface area contributed by atoms with Gasteiger partial charge in [-0.25, -0.2) is 0 Å². The van der Waals surface area contributed by atoms with E-state index < -0.39 is 0 Å². The van der Waals surface area contributed by atoms with E-state index >= 15 is 0 Å². The van der Waals surface area contributed by atoms with E-state index in [0.29, 0.717) is 0 Å². The molecule has 0 aromatic heterocycles. The molecule has 1 rings (SSSR count). The van der Waals surface area contributed by atoms with Crippen molar-refractivity contribution in [1.29, 1.82) is 0 Å². The van der Waals surface area contributed by atoms with Crippen LogP contribution in [-0.2, 0) is 0 Å². The van der Waals surface area contributed by atoms with Crippen molar-refractivity contribution in [2.45, 2.75) is 57.0 Å². The van der Waals surface area contributed by atoms with Crippen LogP contribution in [0.5, 0.6) is 0 Å². The third kappa shape index (κ3) is 2.40. The Kier molecular flexibility index (Phi) is 3.77. The molecular weight excluding hydrogens is 152 g/mol. The summed E-state index contributed by atoms with van der Waals surface area (Å²) < 4.78 is 0. The molecule has 1 heterocycles. The van der Waals surface area contributed by atoms with Gasteiger partial charge >= 0.3 is 0 Å². The van der Waals surface area contributed by atoms with Gasteiger partial charge in [-0.1, -0.05) is 33.6 Å². The first kappa shape index (κ1) is 9.44. The molecule has 1 heteroatoms. The Balaban J connectivity index is 2.37. The van der Waals surface area contributed by atoms with Crippen LogP contribution in [-0.4, -0.2) is 10.5 Å². The lowest BCUT2D eigenvalue weighted by Crippen LogP contribution is -2.09. The number of thioether (sulfide) groups is 1. The molecule has 0 spiro atoms. The highest BCUT2D eigenvalue weighted by atomic mass is 32.2. The molecular formula is C10H20S. The molecule has 0 radical (unpaired) electrons. The van der Waals surface area contributed by atoms with Crippen molar-refractivity contribution in [3.8, 4) is 0 Å². The van der Waals surface area contributed by atoms with Crippen molar-refractivity contribution in [3.05, 3.63) is 0 Å². The standard InChI is InChI=1S/C10H20S/c1-4-6-10-9(5-2)7-8(3)11-10/h8-10H,4-7H2,1-3H3. The van der Waals surface area contributed by atoms with Gasteiger partial charge in [-0.05, 0) is 18.8 Å². The van der Waals surface area contributed by atoms with Gasteiger partial charge in [0.25, 0.3) is 0 Å². The molecule has 0 aromatic carbocycles. The zero-order chi connectivity index (χ0) is 8.27. The second kappa shape index (κ2) is 4.39. The lowest BCUT2D eigenvalue weighted by molar-refractivity contribution is 0.461. The summed E-state index contributed by atoms with van der Waals surface area (Å²) in [4.78, 5) is 0. The van der Waals surface area contributed by atoms with Crippen LogP contribution in [0.15, 0.2) is 0 Å². The predicted octanol–water partition coefficient (Wildman–Crippen LogP) is 3.71. The fourth-order valence-electron chi connectivity index (χ4n) is 2.06. The molecule has 0 saturated carbocycles. The SMILES string of the molecule is CCCC1SC(C)CC1CC. The van der Waals surface area contributed by atoms with Gasteiger partial charge in [-0.3, -0.25) is 0 Å². The van der Waals surface area contributed by atoms with Gasteiger partial charge < -0.3 is 0 Å². The third-order valence-electron chi connectivity index (χ3n) is 2.67. The van der Waals surface area contributed by atoms with Gasteiger partial charge in [0.2, 0.25) is 0 Å². The molecule has 0 nitrogen and oxygen atoms in total. The van der Waals surface area contributed by atoms with E-state index in [1.807, 2.05) is 0 Å². The summed E-state index contributed by atoms with van der Waals surface area (Å²) >= 11 is 2.22. The first-order valence-electron chi connectivity index (χ1n) is 4.93. The Morgan fingerprint density at radius 1 is 1.36 bits per heavy atom. The fourth-order valence-corrected chi connectivity index (χ4v) is 3.91. The van der Waals surface area contributed by atoms with Crippen LogP contribution < -0.4 is 0 Å². The van der Waals surface area contributed by atoms with Crippen molar-refractivity contribution < 1.29 is 0 Å². The van der Waals surface area contributed by atoms with Gasteiger partial charge in [-0.15, -0.1) is 0 Å². The smallest absolute Gasteiger partial charge is 0.00781 e. The summed E-state index contributed by atoms with van der Waals surface area (Å²) in [7, 11) is 0. The van der Waals surface area contributed by atoms with Gasteiger partial charge in [0.15, 0.2) is 0 Å². The zero-order valence-electron chi connectivity index (χ0n) is 7.97. The van der Waals surface area contributed by atoms with Crippen LogP contribution in [0.3, 0.4) is 0 Å². The van der Waals surface area contributed by atoms with Gasteiger partial charge in [-0.2, -0.15) is 11.8 Å². The average molecular weight is 172 g/mol. The van der Waals surface area contributed by atoms with Crippen molar-refractivity contribution in [1.82, 2.24) is 0 Å². The number of hydrogen-bond donors (Lipinski definition) is 0. The van der Waals surface area contributed by atoms with Crippen LogP contribution in [0.1, 0.15) is 46.5 Å². The zero-order valence-corrected chi connectivity index (χ0v) is 8.79. The molecule has 11 heavy (non-hydrogen) atoms. The second-order valence-electron chi connectivity index (χ2n) is 3.68. The van der Waals surface area contributed by atoms with Crippen molar-refractivity contribution in [2.24, 2.45) is 5.92 Å². The van der Waals surface area contributed by atoms with Gasteiger partial charge in [0, 0.05) is 10.5 Å². The van der Waals surface area contributed by atoms with Crippen LogP contribution in [0.25, 0.3) is 0 Å². The van der Waals surface area contributed by atoms with Gasteiger partial charge in [0.1, 0.15) is 0 Å². The second-order valence-corrected chi connectivity index (χ2v) is 5.36. The molecule has 1 aliphatic rings. The Hall–Kier alpha value is 0.350. The van der Waals surface area contributed by atoms with E-state index in [0.717, 1.165) is 16.4 Å². The van der Waals surface area contributed by atoms with E-state index in [1.54, 1.807) is 0 Å². The Labute approximate surface area is 75.1 Å². The molecule has 1 saturated heterocycles. The lowest BCUT2D eigenvalue weighted by Gasteiger charge is -2.15. The van der Waals surface area contributed by atoms with Crippen molar-refractivity contribution >= 4 is 11.8 Å². The Bertz CT molecular complexity index is 111. The molecule has 66 valence electrons. The first-order valence-corrected chi connectivity index (χ1v) is 5.87. The summed E-state index contributed by atoms with van der Waals surface area (Å²) in [5, 5.41) is 1.91. The maximum Gasteiger partial charge on any atom is 0.00781 e. The number of hydrogen-bond acceptors (Lipinski definition) is 1.